The van der Waals surface area contributed by atoms with E-state index in [1.54, 1.807) is 38.3 Å². The molecule has 0 saturated heterocycles. The molecule has 0 heterocycles. The van der Waals surface area contributed by atoms with Gasteiger partial charge in [0, 0.05) is 0 Å². The molecule has 0 aliphatic heterocycles. The number of carbonyl (C=O) groups excluding carboxylic acids is 1. The number of esters is 1. The van der Waals surface area contributed by atoms with E-state index in [0.29, 0.717) is 6.42 Å². The first kappa shape index (κ1) is 13.0. The van der Waals surface area contributed by atoms with Crippen molar-refractivity contribution in [2.45, 2.75) is 25.9 Å². The van der Waals surface area contributed by atoms with Crippen molar-refractivity contribution < 1.29 is 14.3 Å². The lowest BCUT2D eigenvalue weighted by Gasteiger charge is -2.08. The van der Waals surface area contributed by atoms with Gasteiger partial charge in [-0.15, -0.1) is 0 Å². The molecule has 4 nitrogen and oxygen atoms in total. The van der Waals surface area contributed by atoms with Gasteiger partial charge in [0.1, 0.15) is 11.8 Å². The lowest BCUT2D eigenvalue weighted by molar-refractivity contribution is -0.145. The molecule has 0 aliphatic rings. The van der Waals surface area contributed by atoms with Crippen molar-refractivity contribution in [2.24, 2.45) is 0 Å². The summed E-state index contributed by atoms with van der Waals surface area (Å²) < 4.78 is 9.99. The average Bonchev–Trinajstić information content (AvgIpc) is 2.37. The number of hydrogen-bond donors (Lipinski definition) is 0. The molecule has 17 heavy (non-hydrogen) atoms. The Morgan fingerprint density at radius 3 is 2.53 bits per heavy atom. The number of benzene rings is 1. The molecule has 0 spiro atoms. The van der Waals surface area contributed by atoms with Gasteiger partial charge >= 0.3 is 5.97 Å². The predicted molar refractivity (Wildman–Crippen MR) is 62.5 cm³/mol. The Morgan fingerprint density at radius 2 is 2.06 bits per heavy atom. The fraction of sp³-hybridized carbons (Fsp3) is 0.385. The first-order valence-electron chi connectivity index (χ1n) is 5.41. The maximum atomic E-state index is 11.5. The first-order valence-corrected chi connectivity index (χ1v) is 5.41. The van der Waals surface area contributed by atoms with Crippen LogP contribution in [0.1, 0.15) is 18.9 Å². The van der Waals surface area contributed by atoms with Gasteiger partial charge in [0.2, 0.25) is 0 Å². The maximum absolute atomic E-state index is 11.5. The van der Waals surface area contributed by atoms with E-state index in [-0.39, 0.29) is 12.4 Å². The minimum atomic E-state index is -0.652. The van der Waals surface area contributed by atoms with Crippen LogP contribution in [-0.2, 0) is 16.0 Å². The number of carbonyl (C=O) groups is 1. The molecule has 0 fully saturated rings. The SMILES string of the molecule is CCC(C#N)OC(=O)Cc1ccc(OC)cc1. The molecule has 0 radical (unpaired) electrons. The lowest BCUT2D eigenvalue weighted by Crippen LogP contribution is -2.17. The van der Waals surface area contributed by atoms with Crippen molar-refractivity contribution in [1.29, 1.82) is 5.26 Å². The number of methoxy groups -OCH3 is 1. The zero-order valence-corrected chi connectivity index (χ0v) is 9.97. The van der Waals surface area contributed by atoms with Crippen molar-refractivity contribution in [3.05, 3.63) is 29.8 Å². The molecule has 0 N–H and O–H groups in total. The number of nitrogens with zero attached hydrogens (tertiary/aromatic N) is 1. The molecule has 1 aromatic rings. The van der Waals surface area contributed by atoms with E-state index in [2.05, 4.69) is 0 Å². The Bertz CT molecular complexity index is 406. The predicted octanol–water partition coefficient (Wildman–Crippen LogP) is 2.08. The Labute approximate surface area is 101 Å². The summed E-state index contributed by atoms with van der Waals surface area (Å²) in [6.07, 6.45) is 0.0216. The topological polar surface area (TPSA) is 59.3 Å². The second-order valence-corrected chi connectivity index (χ2v) is 3.54. The molecule has 4 heteroatoms. The summed E-state index contributed by atoms with van der Waals surface area (Å²) in [5.74, 6) is 0.356. The summed E-state index contributed by atoms with van der Waals surface area (Å²) in [6.45, 7) is 1.80. The summed E-state index contributed by atoms with van der Waals surface area (Å²) in [6, 6.07) is 9.09. The quantitative estimate of drug-likeness (QED) is 0.730. The fourth-order valence-electron chi connectivity index (χ4n) is 1.31. The van der Waals surface area contributed by atoms with Gasteiger partial charge in [0.25, 0.3) is 0 Å². The molecule has 1 rings (SSSR count). The summed E-state index contributed by atoms with van der Waals surface area (Å²) in [5.41, 5.74) is 0.837. The summed E-state index contributed by atoms with van der Waals surface area (Å²) in [5, 5.41) is 8.67. The third-order valence-electron chi connectivity index (χ3n) is 2.30. The lowest BCUT2D eigenvalue weighted by atomic mass is 10.1. The number of nitriles is 1. The molecular weight excluding hydrogens is 218 g/mol. The third-order valence-corrected chi connectivity index (χ3v) is 2.30. The fourth-order valence-corrected chi connectivity index (χ4v) is 1.31. The summed E-state index contributed by atoms with van der Waals surface area (Å²) in [4.78, 5) is 11.5. The molecule has 1 unspecified atom stereocenters. The van der Waals surface area contributed by atoms with Crippen LogP contribution in [0.2, 0.25) is 0 Å². The Kier molecular flexibility index (Phi) is 5.02. The number of rotatable bonds is 5. The van der Waals surface area contributed by atoms with Crippen molar-refractivity contribution >= 4 is 5.97 Å². The van der Waals surface area contributed by atoms with Gasteiger partial charge in [-0.3, -0.25) is 4.79 Å². The van der Waals surface area contributed by atoms with E-state index in [1.165, 1.54) is 0 Å². The van der Waals surface area contributed by atoms with Crippen LogP contribution in [0, 0.1) is 11.3 Å². The average molecular weight is 233 g/mol. The molecule has 1 atom stereocenters. The van der Waals surface area contributed by atoms with Crippen LogP contribution in [0.15, 0.2) is 24.3 Å². The van der Waals surface area contributed by atoms with E-state index in [4.69, 9.17) is 14.7 Å². The molecule has 0 aliphatic carbocycles. The van der Waals surface area contributed by atoms with E-state index in [0.717, 1.165) is 11.3 Å². The maximum Gasteiger partial charge on any atom is 0.311 e. The van der Waals surface area contributed by atoms with Crippen LogP contribution in [0.3, 0.4) is 0 Å². The zero-order chi connectivity index (χ0) is 12.7. The smallest absolute Gasteiger partial charge is 0.311 e. The second kappa shape index (κ2) is 6.54. The van der Waals surface area contributed by atoms with Crippen LogP contribution in [-0.4, -0.2) is 19.2 Å². The molecule has 1 aromatic carbocycles. The van der Waals surface area contributed by atoms with Gasteiger partial charge in [-0.25, -0.2) is 0 Å². The van der Waals surface area contributed by atoms with Gasteiger partial charge in [0.05, 0.1) is 13.5 Å². The number of ether oxygens (including phenoxy) is 2. The molecule has 0 amide bonds. The van der Waals surface area contributed by atoms with Crippen LogP contribution in [0.5, 0.6) is 5.75 Å². The minimum absolute atomic E-state index is 0.169. The van der Waals surface area contributed by atoms with Crippen molar-refractivity contribution in [3.63, 3.8) is 0 Å². The molecular formula is C13H15NO3. The largest absolute Gasteiger partial charge is 0.497 e. The van der Waals surface area contributed by atoms with Gasteiger partial charge in [-0.1, -0.05) is 19.1 Å². The highest BCUT2D eigenvalue weighted by molar-refractivity contribution is 5.73. The van der Waals surface area contributed by atoms with Crippen molar-refractivity contribution in [3.8, 4) is 11.8 Å². The van der Waals surface area contributed by atoms with Crippen LogP contribution in [0.4, 0.5) is 0 Å². The van der Waals surface area contributed by atoms with E-state index < -0.39 is 6.10 Å². The highest BCUT2D eigenvalue weighted by Gasteiger charge is 2.11. The van der Waals surface area contributed by atoms with Crippen LogP contribution in [0.25, 0.3) is 0 Å². The highest BCUT2D eigenvalue weighted by atomic mass is 16.5. The van der Waals surface area contributed by atoms with Gasteiger partial charge in [-0.2, -0.15) is 5.26 Å². The molecule has 0 saturated carbocycles. The molecule has 0 aromatic heterocycles. The molecule has 0 bridgehead atoms. The minimum Gasteiger partial charge on any atom is -0.497 e. The third kappa shape index (κ3) is 4.15. The van der Waals surface area contributed by atoms with E-state index in [1.807, 2.05) is 6.07 Å². The van der Waals surface area contributed by atoms with Gasteiger partial charge < -0.3 is 9.47 Å². The van der Waals surface area contributed by atoms with Crippen molar-refractivity contribution in [1.82, 2.24) is 0 Å². The van der Waals surface area contributed by atoms with Gasteiger partial charge in [-0.05, 0) is 24.1 Å². The normalized spacial score (nSPS) is 11.4. The van der Waals surface area contributed by atoms with Gasteiger partial charge in [0.15, 0.2) is 6.10 Å². The van der Waals surface area contributed by atoms with Crippen LogP contribution < -0.4 is 4.74 Å². The Morgan fingerprint density at radius 1 is 1.41 bits per heavy atom. The zero-order valence-electron chi connectivity index (χ0n) is 9.97. The van der Waals surface area contributed by atoms with E-state index in [9.17, 15) is 4.79 Å². The van der Waals surface area contributed by atoms with Crippen molar-refractivity contribution in [2.75, 3.05) is 7.11 Å². The second-order valence-electron chi connectivity index (χ2n) is 3.54. The summed E-state index contributed by atoms with van der Waals surface area (Å²) >= 11 is 0. The van der Waals surface area contributed by atoms with Crippen LogP contribution >= 0.6 is 0 Å². The highest BCUT2D eigenvalue weighted by Crippen LogP contribution is 2.12. The summed E-state index contributed by atoms with van der Waals surface area (Å²) in [7, 11) is 1.59. The Hall–Kier alpha value is -2.02. The standard InChI is InChI=1S/C13H15NO3/c1-3-11(9-14)17-13(15)8-10-4-6-12(16-2)7-5-10/h4-7,11H,3,8H2,1-2H3. The molecule has 90 valence electrons. The monoisotopic (exact) mass is 233 g/mol. The van der Waals surface area contributed by atoms with E-state index >= 15 is 0 Å². The number of hydrogen-bond acceptors (Lipinski definition) is 4. The Balaban J connectivity index is 2.53. The first-order chi connectivity index (χ1) is 8.19.